The molecule has 1 heterocycles. The molecule has 4 nitrogen and oxygen atoms in total. The first-order valence-corrected chi connectivity index (χ1v) is 6.72. The Morgan fingerprint density at radius 3 is 2.82 bits per heavy atom. The first kappa shape index (κ1) is 14.5. The molecule has 1 saturated heterocycles. The fourth-order valence-electron chi connectivity index (χ4n) is 2.37. The van der Waals surface area contributed by atoms with Gasteiger partial charge in [0, 0.05) is 25.6 Å². The highest BCUT2D eigenvalue weighted by molar-refractivity contribution is 5.76. The van der Waals surface area contributed by atoms with Gasteiger partial charge < -0.3 is 15.5 Å². The molecular weight excluding hydrogens is 214 g/mol. The Bertz CT molecular complexity index is 245. The molecule has 0 saturated carbocycles. The smallest absolute Gasteiger partial charge is 0.222 e. The van der Waals surface area contributed by atoms with Crippen molar-refractivity contribution in [1.82, 2.24) is 9.80 Å². The van der Waals surface area contributed by atoms with Gasteiger partial charge in [0.05, 0.1) is 0 Å². The third kappa shape index (κ3) is 4.64. The number of carbonyl (C=O) groups is 1. The normalized spacial score (nSPS) is 24.5. The van der Waals surface area contributed by atoms with Gasteiger partial charge in [-0.2, -0.15) is 0 Å². The van der Waals surface area contributed by atoms with E-state index >= 15 is 0 Å². The van der Waals surface area contributed by atoms with Crippen LogP contribution in [0.2, 0.25) is 0 Å². The van der Waals surface area contributed by atoms with Gasteiger partial charge in [-0.1, -0.05) is 6.92 Å². The second-order valence-corrected chi connectivity index (χ2v) is 5.43. The van der Waals surface area contributed by atoms with Gasteiger partial charge in [-0.05, 0) is 45.8 Å². The number of nitrogens with zero attached hydrogens (tertiary/aromatic N) is 2. The van der Waals surface area contributed by atoms with E-state index in [0.29, 0.717) is 30.8 Å². The van der Waals surface area contributed by atoms with E-state index < -0.39 is 0 Å². The van der Waals surface area contributed by atoms with E-state index in [1.165, 1.54) is 0 Å². The number of nitrogens with two attached hydrogens (primary N) is 1. The largest absolute Gasteiger partial charge is 0.339 e. The van der Waals surface area contributed by atoms with Crippen LogP contribution in [0.4, 0.5) is 0 Å². The molecular formula is C13H27N3O. The lowest BCUT2D eigenvalue weighted by Crippen LogP contribution is -2.42. The third-order valence-corrected chi connectivity index (χ3v) is 3.62. The van der Waals surface area contributed by atoms with Crippen molar-refractivity contribution in [3.63, 3.8) is 0 Å². The minimum Gasteiger partial charge on any atom is -0.339 e. The van der Waals surface area contributed by atoms with Gasteiger partial charge in [0.1, 0.15) is 0 Å². The summed E-state index contributed by atoms with van der Waals surface area (Å²) in [5.74, 6) is 0.747. The lowest BCUT2D eigenvalue weighted by atomic mass is 10.1. The summed E-state index contributed by atoms with van der Waals surface area (Å²) in [5.41, 5.74) is 5.58. The molecule has 0 radical (unpaired) electrons. The Balaban J connectivity index is 2.44. The summed E-state index contributed by atoms with van der Waals surface area (Å²) in [6.07, 6.45) is 2.64. The maximum atomic E-state index is 12.2. The Labute approximate surface area is 105 Å². The zero-order valence-electron chi connectivity index (χ0n) is 11.5. The Kier molecular flexibility index (Phi) is 5.92. The van der Waals surface area contributed by atoms with Crippen LogP contribution in [0.3, 0.4) is 0 Å². The summed E-state index contributed by atoms with van der Waals surface area (Å²) in [6.45, 7) is 7.90. The molecule has 1 aliphatic rings. The predicted octanol–water partition coefficient (Wildman–Crippen LogP) is 0.914. The van der Waals surface area contributed by atoms with E-state index in [-0.39, 0.29) is 0 Å². The van der Waals surface area contributed by atoms with Crippen molar-refractivity contribution in [3.8, 4) is 0 Å². The molecule has 0 aliphatic carbocycles. The highest BCUT2D eigenvalue weighted by Crippen LogP contribution is 2.13. The molecule has 1 aliphatic heterocycles. The highest BCUT2D eigenvalue weighted by atomic mass is 16.2. The molecule has 1 amide bonds. The van der Waals surface area contributed by atoms with Crippen molar-refractivity contribution in [2.75, 3.05) is 33.2 Å². The molecule has 0 spiro atoms. The highest BCUT2D eigenvalue weighted by Gasteiger charge is 2.23. The van der Waals surface area contributed by atoms with Crippen LogP contribution in [0.1, 0.15) is 33.1 Å². The fourth-order valence-corrected chi connectivity index (χ4v) is 2.37. The van der Waals surface area contributed by atoms with Crippen LogP contribution in [-0.4, -0.2) is 55.0 Å². The molecule has 0 aromatic rings. The summed E-state index contributed by atoms with van der Waals surface area (Å²) < 4.78 is 0. The molecule has 0 bridgehead atoms. The van der Waals surface area contributed by atoms with E-state index in [1.807, 2.05) is 4.90 Å². The fraction of sp³-hybridized carbons (Fsp3) is 0.923. The van der Waals surface area contributed by atoms with E-state index in [0.717, 1.165) is 32.5 Å². The van der Waals surface area contributed by atoms with Crippen LogP contribution in [0.5, 0.6) is 0 Å². The third-order valence-electron chi connectivity index (χ3n) is 3.62. The van der Waals surface area contributed by atoms with Crippen molar-refractivity contribution in [2.24, 2.45) is 11.7 Å². The summed E-state index contributed by atoms with van der Waals surface area (Å²) in [6, 6.07) is 0.336. The summed E-state index contributed by atoms with van der Waals surface area (Å²) in [5, 5.41) is 0. The van der Waals surface area contributed by atoms with Crippen molar-refractivity contribution in [1.29, 1.82) is 0 Å². The van der Waals surface area contributed by atoms with Gasteiger partial charge >= 0.3 is 0 Å². The van der Waals surface area contributed by atoms with Gasteiger partial charge in [-0.3, -0.25) is 4.79 Å². The van der Waals surface area contributed by atoms with E-state index in [9.17, 15) is 4.79 Å². The monoisotopic (exact) mass is 241 g/mol. The summed E-state index contributed by atoms with van der Waals surface area (Å²) in [7, 11) is 2.13. The number of hydrogen-bond acceptors (Lipinski definition) is 3. The van der Waals surface area contributed by atoms with Gasteiger partial charge in [-0.25, -0.2) is 0 Å². The van der Waals surface area contributed by atoms with Crippen molar-refractivity contribution in [3.05, 3.63) is 0 Å². The standard InChI is InChI=1S/C13H27N3O/c1-11(9-14)5-6-13(17)16-8-4-7-15(3)10-12(16)2/h11-12H,4-10,14H2,1-3H3. The van der Waals surface area contributed by atoms with Gasteiger partial charge in [0.25, 0.3) is 0 Å². The van der Waals surface area contributed by atoms with Gasteiger partial charge in [0.2, 0.25) is 5.91 Å². The molecule has 1 fully saturated rings. The Morgan fingerprint density at radius 2 is 2.18 bits per heavy atom. The van der Waals surface area contributed by atoms with Gasteiger partial charge in [-0.15, -0.1) is 0 Å². The maximum Gasteiger partial charge on any atom is 0.222 e. The van der Waals surface area contributed by atoms with Crippen LogP contribution in [0.25, 0.3) is 0 Å². The van der Waals surface area contributed by atoms with E-state index in [1.54, 1.807) is 0 Å². The number of carbonyl (C=O) groups excluding carboxylic acids is 1. The number of likely N-dealkylation sites (N-methyl/N-ethyl adjacent to an activating group) is 1. The van der Waals surface area contributed by atoms with Crippen LogP contribution < -0.4 is 5.73 Å². The van der Waals surface area contributed by atoms with Crippen LogP contribution >= 0.6 is 0 Å². The zero-order valence-corrected chi connectivity index (χ0v) is 11.5. The zero-order chi connectivity index (χ0) is 12.8. The van der Waals surface area contributed by atoms with Crippen LogP contribution in [0.15, 0.2) is 0 Å². The molecule has 0 aromatic heterocycles. The van der Waals surface area contributed by atoms with E-state index in [2.05, 4.69) is 25.8 Å². The molecule has 17 heavy (non-hydrogen) atoms. The maximum absolute atomic E-state index is 12.2. The SMILES string of the molecule is CC(CN)CCC(=O)N1CCCN(C)CC1C. The van der Waals surface area contributed by atoms with Gasteiger partial charge in [0.15, 0.2) is 0 Å². The number of rotatable bonds is 4. The Morgan fingerprint density at radius 1 is 1.47 bits per heavy atom. The second kappa shape index (κ2) is 6.97. The predicted molar refractivity (Wildman–Crippen MR) is 70.7 cm³/mol. The summed E-state index contributed by atoms with van der Waals surface area (Å²) >= 11 is 0. The lowest BCUT2D eigenvalue weighted by Gasteiger charge is -2.28. The quantitative estimate of drug-likeness (QED) is 0.796. The molecule has 100 valence electrons. The lowest BCUT2D eigenvalue weighted by molar-refractivity contribution is -0.133. The second-order valence-electron chi connectivity index (χ2n) is 5.43. The van der Waals surface area contributed by atoms with Crippen molar-refractivity contribution >= 4 is 5.91 Å². The minimum absolute atomic E-state index is 0.299. The molecule has 2 N–H and O–H groups in total. The molecule has 2 atom stereocenters. The number of amides is 1. The molecule has 2 unspecified atom stereocenters. The molecule has 4 heteroatoms. The van der Waals surface area contributed by atoms with Crippen LogP contribution in [0, 0.1) is 5.92 Å². The average molecular weight is 241 g/mol. The minimum atomic E-state index is 0.299. The average Bonchev–Trinajstić information content (AvgIpc) is 2.46. The topological polar surface area (TPSA) is 49.6 Å². The molecule has 1 rings (SSSR count). The van der Waals surface area contributed by atoms with Crippen molar-refractivity contribution in [2.45, 2.75) is 39.2 Å². The first-order valence-electron chi connectivity index (χ1n) is 6.72. The van der Waals surface area contributed by atoms with Crippen LogP contribution in [-0.2, 0) is 4.79 Å². The molecule has 0 aromatic carbocycles. The van der Waals surface area contributed by atoms with Crippen molar-refractivity contribution < 1.29 is 4.79 Å². The van der Waals surface area contributed by atoms with E-state index in [4.69, 9.17) is 5.73 Å². The first-order chi connectivity index (χ1) is 8.04. The Hall–Kier alpha value is -0.610. The summed E-state index contributed by atoms with van der Waals surface area (Å²) in [4.78, 5) is 16.5. The number of hydrogen-bond donors (Lipinski definition) is 1.